The van der Waals surface area contributed by atoms with Crippen molar-refractivity contribution in [1.29, 1.82) is 0 Å². The van der Waals surface area contributed by atoms with Crippen molar-refractivity contribution >= 4 is 0 Å². The van der Waals surface area contributed by atoms with E-state index in [0.717, 1.165) is 6.07 Å². The van der Waals surface area contributed by atoms with Crippen molar-refractivity contribution in [1.82, 2.24) is 0 Å². The molecule has 32 heavy (non-hydrogen) atoms. The molecule has 2 aromatic rings. The first-order valence-corrected chi connectivity index (χ1v) is 9.92. The molecule has 2 aromatic carbocycles. The summed E-state index contributed by atoms with van der Waals surface area (Å²) in [5.41, 5.74) is -2.03. The molecule has 1 nitrogen and oxygen atoms in total. The Morgan fingerprint density at radius 1 is 0.938 bits per heavy atom. The molecule has 0 N–H and O–H groups in total. The van der Waals surface area contributed by atoms with Crippen LogP contribution in [0.2, 0.25) is 0 Å². The number of ether oxygens (including phenoxy) is 1. The molecule has 0 radical (unpaired) electrons. The number of alkyl halides is 4. The van der Waals surface area contributed by atoms with Crippen LogP contribution in [0.5, 0.6) is 0 Å². The lowest BCUT2D eigenvalue weighted by Gasteiger charge is -2.37. The number of hydrogen-bond donors (Lipinski definition) is 0. The Hall–Kier alpha value is -2.23. The number of halogens is 9. The van der Waals surface area contributed by atoms with Gasteiger partial charge in [-0.2, -0.15) is 8.78 Å². The predicted octanol–water partition coefficient (Wildman–Crippen LogP) is 7.37. The Kier molecular flexibility index (Phi) is 6.83. The second-order valence-corrected chi connectivity index (χ2v) is 7.80. The van der Waals surface area contributed by atoms with E-state index in [1.54, 1.807) is 6.92 Å². The summed E-state index contributed by atoms with van der Waals surface area (Å²) in [5.74, 6) is -13.9. The molecule has 0 spiro atoms. The van der Waals surface area contributed by atoms with Crippen molar-refractivity contribution in [2.24, 2.45) is 0 Å². The van der Waals surface area contributed by atoms with Crippen LogP contribution >= 0.6 is 0 Å². The van der Waals surface area contributed by atoms with Crippen LogP contribution in [-0.4, -0.2) is 12.0 Å². The SMILES string of the molecule is CCCc1ccc(C(F)(F)OC2CCC(c3cc(F)c(F)c(F)c3)C(F)(F)C2)c(F)c1F. The highest BCUT2D eigenvalue weighted by Gasteiger charge is 2.50. The smallest absolute Gasteiger partial charge is 0.313 e. The third-order valence-electron chi connectivity index (χ3n) is 5.51. The fraction of sp³-hybridized carbons (Fsp3) is 0.455. The molecule has 2 atom stereocenters. The maximum atomic E-state index is 14.6. The molecule has 0 bridgehead atoms. The van der Waals surface area contributed by atoms with Gasteiger partial charge in [-0.3, -0.25) is 0 Å². The van der Waals surface area contributed by atoms with Gasteiger partial charge in [-0.05, 0) is 48.6 Å². The summed E-state index contributed by atoms with van der Waals surface area (Å²) in [6.45, 7) is 1.69. The first-order chi connectivity index (χ1) is 14.9. The van der Waals surface area contributed by atoms with Crippen LogP contribution in [0.4, 0.5) is 39.5 Å². The van der Waals surface area contributed by atoms with Gasteiger partial charge >= 0.3 is 6.11 Å². The normalized spacial score (nSPS) is 21.1. The molecule has 0 heterocycles. The van der Waals surface area contributed by atoms with Crippen molar-refractivity contribution in [2.45, 2.75) is 63.1 Å². The van der Waals surface area contributed by atoms with Crippen molar-refractivity contribution < 1.29 is 44.3 Å². The zero-order valence-electron chi connectivity index (χ0n) is 16.8. The van der Waals surface area contributed by atoms with Crippen LogP contribution < -0.4 is 0 Å². The molecule has 0 saturated heterocycles. The Morgan fingerprint density at radius 3 is 2.12 bits per heavy atom. The van der Waals surface area contributed by atoms with Crippen molar-refractivity contribution in [3.05, 3.63) is 70.0 Å². The number of rotatable bonds is 6. The van der Waals surface area contributed by atoms with Gasteiger partial charge in [0.2, 0.25) is 0 Å². The van der Waals surface area contributed by atoms with E-state index in [9.17, 15) is 39.5 Å². The van der Waals surface area contributed by atoms with Crippen molar-refractivity contribution in [3.8, 4) is 0 Å². The maximum absolute atomic E-state index is 14.6. The minimum atomic E-state index is -4.39. The van der Waals surface area contributed by atoms with Crippen LogP contribution in [0.25, 0.3) is 0 Å². The summed E-state index contributed by atoms with van der Waals surface area (Å²) in [6.07, 6.45) is -7.72. The summed E-state index contributed by atoms with van der Waals surface area (Å²) < 4.78 is 131. The van der Waals surface area contributed by atoms with Gasteiger partial charge in [0.1, 0.15) is 0 Å². The average Bonchev–Trinajstić information content (AvgIpc) is 2.68. The molecular weight excluding hydrogens is 451 g/mol. The summed E-state index contributed by atoms with van der Waals surface area (Å²) in [7, 11) is 0. The third-order valence-corrected chi connectivity index (χ3v) is 5.51. The Balaban J connectivity index is 1.78. The van der Waals surface area contributed by atoms with Gasteiger partial charge < -0.3 is 4.74 Å². The molecular formula is C22H19F9O. The number of aryl methyl sites for hydroxylation is 1. The number of benzene rings is 2. The molecule has 1 saturated carbocycles. The second kappa shape index (κ2) is 8.96. The van der Waals surface area contributed by atoms with Gasteiger partial charge in [0.15, 0.2) is 29.1 Å². The number of hydrogen-bond acceptors (Lipinski definition) is 1. The molecule has 1 aliphatic rings. The standard InChI is InChI=1S/C22H19F9O/c1-2-3-11-4-6-15(19(26)18(11)25)22(30,31)32-13-5-7-14(21(28,29)10-13)12-8-16(23)20(27)17(24)9-12/h4,6,8-9,13-14H,2-3,5,7,10H2,1H3. The Morgan fingerprint density at radius 2 is 1.56 bits per heavy atom. The van der Waals surface area contributed by atoms with Crippen LogP contribution in [0.1, 0.15) is 55.2 Å². The lowest BCUT2D eigenvalue weighted by atomic mass is 9.79. The Labute approximate surface area is 178 Å². The van der Waals surface area contributed by atoms with E-state index >= 15 is 0 Å². The summed E-state index contributed by atoms with van der Waals surface area (Å²) >= 11 is 0. The van der Waals surface area contributed by atoms with E-state index < -0.39 is 77.1 Å². The van der Waals surface area contributed by atoms with E-state index in [0.29, 0.717) is 24.6 Å². The molecule has 2 unspecified atom stereocenters. The molecule has 10 heteroatoms. The quantitative estimate of drug-likeness (QED) is 0.316. The molecule has 1 aliphatic carbocycles. The topological polar surface area (TPSA) is 9.23 Å². The van der Waals surface area contributed by atoms with Crippen LogP contribution in [0.3, 0.4) is 0 Å². The van der Waals surface area contributed by atoms with Gasteiger partial charge in [-0.25, -0.2) is 30.7 Å². The fourth-order valence-corrected chi connectivity index (χ4v) is 3.95. The van der Waals surface area contributed by atoms with Gasteiger partial charge in [-0.15, -0.1) is 0 Å². The first kappa shape index (κ1) is 24.4. The minimum Gasteiger partial charge on any atom is -0.313 e. The minimum absolute atomic E-state index is 0.102. The van der Waals surface area contributed by atoms with Crippen LogP contribution in [0, 0.1) is 29.1 Å². The van der Waals surface area contributed by atoms with E-state index in [1.165, 1.54) is 0 Å². The molecule has 0 aliphatic heterocycles. The van der Waals surface area contributed by atoms with E-state index in [2.05, 4.69) is 4.74 Å². The van der Waals surface area contributed by atoms with Gasteiger partial charge in [0.05, 0.1) is 11.7 Å². The van der Waals surface area contributed by atoms with Crippen LogP contribution in [0.15, 0.2) is 24.3 Å². The highest BCUT2D eigenvalue weighted by molar-refractivity contribution is 5.29. The van der Waals surface area contributed by atoms with Gasteiger partial charge in [0.25, 0.3) is 5.92 Å². The third kappa shape index (κ3) is 4.74. The van der Waals surface area contributed by atoms with Crippen molar-refractivity contribution in [2.75, 3.05) is 0 Å². The molecule has 3 rings (SSSR count). The van der Waals surface area contributed by atoms with E-state index in [4.69, 9.17) is 0 Å². The zero-order valence-corrected chi connectivity index (χ0v) is 16.8. The monoisotopic (exact) mass is 470 g/mol. The average molecular weight is 470 g/mol. The molecule has 0 aromatic heterocycles. The lowest BCUT2D eigenvalue weighted by molar-refractivity contribution is -0.289. The molecule has 1 fully saturated rings. The highest BCUT2D eigenvalue weighted by atomic mass is 19.3. The van der Waals surface area contributed by atoms with Gasteiger partial charge in [-0.1, -0.05) is 19.4 Å². The van der Waals surface area contributed by atoms with Crippen molar-refractivity contribution in [3.63, 3.8) is 0 Å². The van der Waals surface area contributed by atoms with Crippen LogP contribution in [-0.2, 0) is 17.3 Å². The lowest BCUT2D eigenvalue weighted by Crippen LogP contribution is -2.40. The fourth-order valence-electron chi connectivity index (χ4n) is 3.95. The highest BCUT2D eigenvalue weighted by Crippen LogP contribution is 2.48. The van der Waals surface area contributed by atoms with Gasteiger partial charge in [0, 0.05) is 12.3 Å². The summed E-state index contributed by atoms with van der Waals surface area (Å²) in [6, 6.07) is 2.50. The maximum Gasteiger partial charge on any atom is 0.386 e. The summed E-state index contributed by atoms with van der Waals surface area (Å²) in [4.78, 5) is 0. The summed E-state index contributed by atoms with van der Waals surface area (Å²) in [5, 5.41) is 0. The van der Waals surface area contributed by atoms with E-state index in [1.807, 2.05) is 0 Å². The molecule has 176 valence electrons. The predicted molar refractivity (Wildman–Crippen MR) is 97.0 cm³/mol. The largest absolute Gasteiger partial charge is 0.386 e. The first-order valence-electron chi connectivity index (χ1n) is 9.92. The second-order valence-electron chi connectivity index (χ2n) is 7.80. The van der Waals surface area contributed by atoms with E-state index in [-0.39, 0.29) is 18.4 Å². The Bertz CT molecular complexity index is 967. The zero-order chi connectivity index (χ0) is 23.8. The molecule has 0 amide bonds.